The maximum absolute atomic E-state index is 13.1. The van der Waals surface area contributed by atoms with E-state index in [2.05, 4.69) is 5.32 Å². The number of carbonyl (C=O) groups is 1. The van der Waals surface area contributed by atoms with Gasteiger partial charge in [0.1, 0.15) is 6.54 Å². The molecule has 0 aliphatic rings. The normalized spacial score (nSPS) is 11.1. The molecule has 0 aliphatic heterocycles. The van der Waals surface area contributed by atoms with E-state index in [0.29, 0.717) is 26.2 Å². The van der Waals surface area contributed by atoms with Crippen LogP contribution in [0.1, 0.15) is 13.3 Å². The Labute approximate surface area is 169 Å². The summed E-state index contributed by atoms with van der Waals surface area (Å²) in [4.78, 5) is 22.7. The summed E-state index contributed by atoms with van der Waals surface area (Å²) in [5, 5.41) is 13.5. The van der Waals surface area contributed by atoms with Crippen LogP contribution in [0.2, 0.25) is 0 Å². The fourth-order valence-electron chi connectivity index (χ4n) is 2.51. The molecule has 1 amide bonds. The van der Waals surface area contributed by atoms with Crippen LogP contribution < -0.4 is 9.62 Å². The first-order valence-corrected chi connectivity index (χ1v) is 10.5. The minimum atomic E-state index is -4.04. The second kappa shape index (κ2) is 10.5. The SMILES string of the molecule is CCOCCCNC(=O)CN(c1ccc([N+](=O)[O-])cc1)S(=O)(=O)c1ccccc1. The third kappa shape index (κ3) is 6.26. The average Bonchev–Trinajstić information content (AvgIpc) is 2.72. The lowest BCUT2D eigenvalue weighted by Crippen LogP contribution is -2.41. The molecule has 0 saturated carbocycles. The highest BCUT2D eigenvalue weighted by molar-refractivity contribution is 7.92. The molecule has 0 atom stereocenters. The fourth-order valence-corrected chi connectivity index (χ4v) is 3.95. The number of ether oxygens (including phenoxy) is 1. The quantitative estimate of drug-likeness (QED) is 0.338. The smallest absolute Gasteiger partial charge is 0.269 e. The van der Waals surface area contributed by atoms with E-state index < -0.39 is 27.4 Å². The molecule has 0 fully saturated rings. The summed E-state index contributed by atoms with van der Waals surface area (Å²) in [6.07, 6.45) is 0.600. The van der Waals surface area contributed by atoms with Crippen LogP contribution in [-0.2, 0) is 19.6 Å². The van der Waals surface area contributed by atoms with Gasteiger partial charge in [-0.1, -0.05) is 18.2 Å². The Morgan fingerprint density at radius 3 is 2.38 bits per heavy atom. The van der Waals surface area contributed by atoms with Crippen molar-refractivity contribution in [2.45, 2.75) is 18.2 Å². The van der Waals surface area contributed by atoms with Gasteiger partial charge < -0.3 is 10.1 Å². The maximum Gasteiger partial charge on any atom is 0.269 e. The molecule has 2 aromatic rings. The average molecular weight is 421 g/mol. The summed E-state index contributed by atoms with van der Waals surface area (Å²) >= 11 is 0. The van der Waals surface area contributed by atoms with E-state index in [9.17, 15) is 23.3 Å². The number of nitrogens with one attached hydrogen (secondary N) is 1. The maximum atomic E-state index is 13.1. The molecule has 10 heteroatoms. The molecule has 1 N–H and O–H groups in total. The number of nitro benzene ring substituents is 1. The Balaban J connectivity index is 2.24. The van der Waals surface area contributed by atoms with Crippen molar-refractivity contribution in [3.8, 4) is 0 Å². The van der Waals surface area contributed by atoms with E-state index in [4.69, 9.17) is 4.74 Å². The minimum Gasteiger partial charge on any atom is -0.382 e. The zero-order valence-corrected chi connectivity index (χ0v) is 16.8. The van der Waals surface area contributed by atoms with Crippen LogP contribution in [0.25, 0.3) is 0 Å². The van der Waals surface area contributed by atoms with Gasteiger partial charge in [0.15, 0.2) is 0 Å². The second-order valence-electron chi connectivity index (χ2n) is 6.00. The van der Waals surface area contributed by atoms with Crippen molar-refractivity contribution in [2.24, 2.45) is 0 Å². The van der Waals surface area contributed by atoms with Gasteiger partial charge in [0.25, 0.3) is 15.7 Å². The number of carbonyl (C=O) groups excluding carboxylic acids is 1. The highest BCUT2D eigenvalue weighted by Gasteiger charge is 2.27. The van der Waals surface area contributed by atoms with Crippen molar-refractivity contribution in [3.63, 3.8) is 0 Å². The molecule has 9 nitrogen and oxygen atoms in total. The lowest BCUT2D eigenvalue weighted by Gasteiger charge is -2.24. The first-order valence-electron chi connectivity index (χ1n) is 9.03. The number of non-ortho nitro benzene ring substituents is 1. The van der Waals surface area contributed by atoms with Gasteiger partial charge in [0.2, 0.25) is 5.91 Å². The van der Waals surface area contributed by atoms with E-state index in [-0.39, 0.29) is 16.3 Å². The second-order valence-corrected chi connectivity index (χ2v) is 7.86. The summed E-state index contributed by atoms with van der Waals surface area (Å²) in [5.41, 5.74) is -0.0184. The lowest BCUT2D eigenvalue weighted by atomic mass is 10.3. The third-order valence-electron chi connectivity index (χ3n) is 3.96. The molecule has 2 aromatic carbocycles. The van der Waals surface area contributed by atoms with Gasteiger partial charge in [0.05, 0.1) is 15.5 Å². The van der Waals surface area contributed by atoms with Crippen LogP contribution in [0, 0.1) is 10.1 Å². The molecule has 156 valence electrons. The Morgan fingerprint density at radius 1 is 1.14 bits per heavy atom. The predicted molar refractivity (Wildman–Crippen MR) is 108 cm³/mol. The van der Waals surface area contributed by atoms with Crippen LogP contribution in [0.4, 0.5) is 11.4 Å². The van der Waals surface area contributed by atoms with Crippen molar-refractivity contribution in [1.82, 2.24) is 5.32 Å². The van der Waals surface area contributed by atoms with Gasteiger partial charge in [-0.05, 0) is 37.6 Å². The van der Waals surface area contributed by atoms with E-state index in [0.717, 1.165) is 4.31 Å². The topological polar surface area (TPSA) is 119 Å². The molecule has 29 heavy (non-hydrogen) atoms. The summed E-state index contributed by atoms with van der Waals surface area (Å²) in [7, 11) is -4.04. The molecule has 0 saturated heterocycles. The van der Waals surface area contributed by atoms with Crippen molar-refractivity contribution < 1.29 is 22.9 Å². The number of nitrogens with zero attached hydrogens (tertiary/aromatic N) is 2. The number of benzene rings is 2. The van der Waals surface area contributed by atoms with Crippen molar-refractivity contribution in [1.29, 1.82) is 0 Å². The number of hydrogen-bond donors (Lipinski definition) is 1. The van der Waals surface area contributed by atoms with Crippen molar-refractivity contribution in [2.75, 3.05) is 30.6 Å². The number of anilines is 1. The van der Waals surface area contributed by atoms with Crippen LogP contribution in [0.5, 0.6) is 0 Å². The standard InChI is InChI=1S/C19H23N3O6S/c1-2-28-14-6-13-20-19(23)15-21(16-9-11-17(12-10-16)22(24)25)29(26,27)18-7-4-3-5-8-18/h3-5,7-12H,2,6,13-15H2,1H3,(H,20,23). The molecular formula is C19H23N3O6S. The lowest BCUT2D eigenvalue weighted by molar-refractivity contribution is -0.384. The predicted octanol–water partition coefficient (Wildman–Crippen LogP) is 2.33. The van der Waals surface area contributed by atoms with Gasteiger partial charge in [-0.2, -0.15) is 0 Å². The number of nitro groups is 1. The first-order chi connectivity index (χ1) is 13.9. The fraction of sp³-hybridized carbons (Fsp3) is 0.316. The van der Waals surface area contributed by atoms with Crippen molar-refractivity contribution >= 4 is 27.3 Å². The minimum absolute atomic E-state index is 0.0162. The third-order valence-corrected chi connectivity index (χ3v) is 5.75. The highest BCUT2D eigenvalue weighted by Crippen LogP contribution is 2.25. The largest absolute Gasteiger partial charge is 0.382 e. The molecule has 0 spiro atoms. The van der Waals surface area contributed by atoms with Gasteiger partial charge in [-0.3, -0.25) is 19.2 Å². The summed E-state index contributed by atoms with van der Waals surface area (Å²) < 4.78 is 32.3. The summed E-state index contributed by atoms with van der Waals surface area (Å²) in [5.74, 6) is -0.487. The molecule has 0 heterocycles. The monoisotopic (exact) mass is 421 g/mol. The van der Waals surface area contributed by atoms with Crippen molar-refractivity contribution in [3.05, 3.63) is 64.7 Å². The van der Waals surface area contributed by atoms with Crippen LogP contribution in [-0.4, -0.2) is 45.6 Å². The molecule has 0 unspecified atom stereocenters. The Kier molecular flexibility index (Phi) is 8.10. The van der Waals surface area contributed by atoms with Crippen LogP contribution >= 0.6 is 0 Å². The van der Waals surface area contributed by atoms with E-state index in [1.807, 2.05) is 6.92 Å². The molecule has 0 radical (unpaired) electrons. The molecule has 0 aliphatic carbocycles. The molecule has 0 bridgehead atoms. The van der Waals surface area contributed by atoms with Gasteiger partial charge >= 0.3 is 0 Å². The van der Waals surface area contributed by atoms with Gasteiger partial charge in [-0.15, -0.1) is 0 Å². The zero-order valence-electron chi connectivity index (χ0n) is 16.0. The Hall–Kier alpha value is -2.98. The van der Waals surface area contributed by atoms with E-state index in [1.54, 1.807) is 18.2 Å². The first kappa shape index (κ1) is 22.3. The summed E-state index contributed by atoms with van der Waals surface area (Å²) in [6, 6.07) is 12.7. The number of sulfonamides is 1. The van der Waals surface area contributed by atoms with Gasteiger partial charge in [0, 0.05) is 31.9 Å². The number of amides is 1. The van der Waals surface area contributed by atoms with E-state index >= 15 is 0 Å². The van der Waals surface area contributed by atoms with Crippen LogP contribution in [0.3, 0.4) is 0 Å². The van der Waals surface area contributed by atoms with E-state index in [1.165, 1.54) is 36.4 Å². The molecular weight excluding hydrogens is 398 g/mol. The number of hydrogen-bond acceptors (Lipinski definition) is 6. The zero-order chi connectivity index (χ0) is 21.3. The number of rotatable bonds is 11. The Bertz CT molecular complexity index is 917. The Morgan fingerprint density at radius 2 is 1.79 bits per heavy atom. The summed E-state index contributed by atoms with van der Waals surface area (Å²) in [6.45, 7) is 2.83. The van der Waals surface area contributed by atoms with Gasteiger partial charge in [-0.25, -0.2) is 8.42 Å². The molecule has 2 rings (SSSR count). The van der Waals surface area contributed by atoms with Crippen LogP contribution in [0.15, 0.2) is 59.5 Å². The highest BCUT2D eigenvalue weighted by atomic mass is 32.2. The molecule has 0 aromatic heterocycles.